The van der Waals surface area contributed by atoms with Crippen molar-refractivity contribution < 1.29 is 17.9 Å². The molecule has 0 bridgehead atoms. The van der Waals surface area contributed by atoms with Crippen LogP contribution in [0.5, 0.6) is 0 Å². The smallest absolute Gasteiger partial charge is 0.246 e. The molecule has 0 aliphatic carbocycles. The lowest BCUT2D eigenvalue weighted by Gasteiger charge is -2.22. The Labute approximate surface area is 114 Å². The van der Waals surface area contributed by atoms with E-state index in [1.54, 1.807) is 0 Å². The van der Waals surface area contributed by atoms with Crippen molar-refractivity contribution in [3.8, 4) is 0 Å². The fraction of sp³-hybridized carbons (Fsp3) is 0.455. The van der Waals surface area contributed by atoms with E-state index >= 15 is 0 Å². The Morgan fingerprint density at radius 1 is 1.50 bits per heavy atom. The number of rotatable bonds is 3. The van der Waals surface area contributed by atoms with Gasteiger partial charge in [-0.3, -0.25) is 0 Å². The van der Waals surface area contributed by atoms with Crippen LogP contribution in [0.3, 0.4) is 0 Å². The van der Waals surface area contributed by atoms with Crippen LogP contribution in [0.25, 0.3) is 0 Å². The van der Waals surface area contributed by atoms with Crippen LogP contribution in [0.4, 0.5) is 4.39 Å². The predicted molar refractivity (Wildman–Crippen MR) is 68.1 cm³/mol. The Kier molecular flexibility index (Phi) is 4.05. The summed E-state index contributed by atoms with van der Waals surface area (Å²) in [6, 6.07) is 3.40. The number of benzene rings is 1. The number of nitrogens with zero attached hydrogens (tertiary/aromatic N) is 1. The molecular weight excluding hydrogens is 325 g/mol. The molecule has 2 rings (SSSR count). The Morgan fingerprint density at radius 2 is 2.22 bits per heavy atom. The summed E-state index contributed by atoms with van der Waals surface area (Å²) in [6.45, 7) is 0.0838. The third-order valence-corrected chi connectivity index (χ3v) is 5.49. The second kappa shape index (κ2) is 5.24. The SMILES string of the molecule is O=S(=O)(c1ccc(Br)cc1F)N1CCC[C@@H]1CO. The molecule has 0 saturated carbocycles. The van der Waals surface area contributed by atoms with E-state index in [1.165, 1.54) is 16.4 Å². The summed E-state index contributed by atoms with van der Waals surface area (Å²) in [6.07, 6.45) is 1.29. The van der Waals surface area contributed by atoms with Crippen molar-refractivity contribution in [2.75, 3.05) is 13.2 Å². The standard InChI is InChI=1S/C11H13BrFNO3S/c12-8-3-4-11(10(13)6-8)18(16,17)14-5-1-2-9(14)7-15/h3-4,6,9,15H,1-2,5,7H2/t9-/m1/s1. The molecule has 1 atom stereocenters. The van der Waals surface area contributed by atoms with Crippen molar-refractivity contribution in [1.29, 1.82) is 0 Å². The van der Waals surface area contributed by atoms with Gasteiger partial charge in [-0.2, -0.15) is 4.31 Å². The summed E-state index contributed by atoms with van der Waals surface area (Å²) in [7, 11) is -3.87. The average molecular weight is 338 g/mol. The van der Waals surface area contributed by atoms with Gasteiger partial charge in [0.1, 0.15) is 10.7 Å². The van der Waals surface area contributed by atoms with Crippen molar-refractivity contribution in [1.82, 2.24) is 4.31 Å². The Bertz CT molecular complexity index is 549. The first kappa shape index (κ1) is 13.9. The molecule has 0 unspecified atom stereocenters. The molecule has 0 radical (unpaired) electrons. The van der Waals surface area contributed by atoms with Crippen molar-refractivity contribution in [2.24, 2.45) is 0 Å². The molecule has 1 aromatic carbocycles. The molecular formula is C11H13BrFNO3S. The van der Waals surface area contributed by atoms with E-state index in [-0.39, 0.29) is 11.5 Å². The normalized spacial score (nSPS) is 21.4. The average Bonchev–Trinajstić information content (AvgIpc) is 2.76. The van der Waals surface area contributed by atoms with E-state index < -0.39 is 21.9 Å². The Balaban J connectivity index is 2.42. The minimum atomic E-state index is -3.87. The van der Waals surface area contributed by atoms with Gasteiger partial charge < -0.3 is 5.11 Å². The summed E-state index contributed by atoms with van der Waals surface area (Å²) < 4.78 is 40.0. The summed E-state index contributed by atoms with van der Waals surface area (Å²) in [5.74, 6) is -0.784. The first-order valence-electron chi connectivity index (χ1n) is 5.54. The maximum Gasteiger partial charge on any atom is 0.246 e. The second-order valence-electron chi connectivity index (χ2n) is 4.17. The highest BCUT2D eigenvalue weighted by atomic mass is 79.9. The largest absolute Gasteiger partial charge is 0.395 e. The summed E-state index contributed by atoms with van der Waals surface area (Å²) in [4.78, 5) is -0.342. The highest BCUT2D eigenvalue weighted by molar-refractivity contribution is 9.10. The first-order valence-corrected chi connectivity index (χ1v) is 7.78. The zero-order valence-corrected chi connectivity index (χ0v) is 11.9. The van der Waals surface area contributed by atoms with E-state index in [4.69, 9.17) is 5.11 Å². The summed E-state index contributed by atoms with van der Waals surface area (Å²) in [5, 5.41) is 9.15. The minimum Gasteiger partial charge on any atom is -0.395 e. The van der Waals surface area contributed by atoms with Crippen LogP contribution >= 0.6 is 15.9 Å². The lowest BCUT2D eigenvalue weighted by Crippen LogP contribution is -2.37. The molecule has 18 heavy (non-hydrogen) atoms. The van der Waals surface area contributed by atoms with Crippen LogP contribution in [0.1, 0.15) is 12.8 Å². The molecule has 1 aliphatic heterocycles. The monoisotopic (exact) mass is 337 g/mol. The topological polar surface area (TPSA) is 57.6 Å². The number of hydrogen-bond acceptors (Lipinski definition) is 3. The highest BCUT2D eigenvalue weighted by Crippen LogP contribution is 2.28. The number of aliphatic hydroxyl groups is 1. The molecule has 1 saturated heterocycles. The van der Waals surface area contributed by atoms with E-state index in [0.717, 1.165) is 6.07 Å². The van der Waals surface area contributed by atoms with Gasteiger partial charge in [-0.15, -0.1) is 0 Å². The number of sulfonamides is 1. The maximum atomic E-state index is 13.7. The Hall–Kier alpha value is -0.500. The third-order valence-electron chi connectivity index (χ3n) is 3.01. The van der Waals surface area contributed by atoms with Crippen molar-refractivity contribution in [2.45, 2.75) is 23.8 Å². The summed E-state index contributed by atoms with van der Waals surface area (Å²) in [5.41, 5.74) is 0. The molecule has 1 aromatic rings. The first-order chi connectivity index (χ1) is 8.46. The zero-order valence-electron chi connectivity index (χ0n) is 9.51. The van der Waals surface area contributed by atoms with Crippen LogP contribution in [-0.4, -0.2) is 37.0 Å². The van der Waals surface area contributed by atoms with Gasteiger partial charge in [-0.1, -0.05) is 15.9 Å². The molecule has 100 valence electrons. The second-order valence-corrected chi connectivity index (χ2v) is 6.94. The van der Waals surface area contributed by atoms with Gasteiger partial charge >= 0.3 is 0 Å². The molecule has 7 heteroatoms. The lowest BCUT2D eigenvalue weighted by atomic mass is 10.2. The van der Waals surface area contributed by atoms with Crippen LogP contribution < -0.4 is 0 Å². The van der Waals surface area contributed by atoms with E-state index in [2.05, 4.69) is 15.9 Å². The minimum absolute atomic E-state index is 0.239. The van der Waals surface area contributed by atoms with Gasteiger partial charge in [0.15, 0.2) is 0 Å². The van der Waals surface area contributed by atoms with Gasteiger partial charge in [0.2, 0.25) is 10.0 Å². The van der Waals surface area contributed by atoms with E-state index in [0.29, 0.717) is 23.9 Å². The number of hydrogen-bond donors (Lipinski definition) is 1. The fourth-order valence-electron chi connectivity index (χ4n) is 2.12. The molecule has 1 heterocycles. The van der Waals surface area contributed by atoms with Crippen LogP contribution in [0.15, 0.2) is 27.6 Å². The van der Waals surface area contributed by atoms with Gasteiger partial charge in [-0.25, -0.2) is 12.8 Å². The maximum absolute atomic E-state index is 13.7. The molecule has 4 nitrogen and oxygen atoms in total. The van der Waals surface area contributed by atoms with Crippen molar-refractivity contribution in [3.63, 3.8) is 0 Å². The fourth-order valence-corrected chi connectivity index (χ4v) is 4.18. The van der Waals surface area contributed by atoms with Crippen LogP contribution in [0, 0.1) is 5.82 Å². The third kappa shape index (κ3) is 2.45. The number of aliphatic hydroxyl groups excluding tert-OH is 1. The molecule has 1 N–H and O–H groups in total. The van der Waals surface area contributed by atoms with E-state index in [9.17, 15) is 12.8 Å². The van der Waals surface area contributed by atoms with Crippen molar-refractivity contribution >= 4 is 26.0 Å². The summed E-state index contributed by atoms with van der Waals surface area (Å²) >= 11 is 3.08. The molecule has 0 spiro atoms. The predicted octanol–water partition coefficient (Wildman–Crippen LogP) is 1.73. The Morgan fingerprint density at radius 3 is 2.83 bits per heavy atom. The molecule has 1 fully saturated rings. The van der Waals surface area contributed by atoms with Gasteiger partial charge in [-0.05, 0) is 31.0 Å². The molecule has 1 aliphatic rings. The van der Waals surface area contributed by atoms with Crippen LogP contribution in [-0.2, 0) is 10.0 Å². The molecule has 0 aromatic heterocycles. The van der Waals surface area contributed by atoms with Crippen molar-refractivity contribution in [3.05, 3.63) is 28.5 Å². The van der Waals surface area contributed by atoms with E-state index in [1.807, 2.05) is 0 Å². The highest BCUT2D eigenvalue weighted by Gasteiger charge is 2.36. The van der Waals surface area contributed by atoms with Gasteiger partial charge in [0.05, 0.1) is 6.61 Å². The zero-order chi connectivity index (χ0) is 13.3. The van der Waals surface area contributed by atoms with Crippen LogP contribution in [0.2, 0.25) is 0 Å². The van der Waals surface area contributed by atoms with Gasteiger partial charge in [0.25, 0.3) is 0 Å². The molecule has 0 amide bonds. The van der Waals surface area contributed by atoms with Gasteiger partial charge in [0, 0.05) is 17.1 Å². The quantitative estimate of drug-likeness (QED) is 0.913. The lowest BCUT2D eigenvalue weighted by molar-refractivity contribution is 0.213. The number of halogens is 2.